The minimum Gasteiger partial charge on any atom is -0.324 e. The standard InChI is InChI=1S/C32H26Cl3N3O3S/c1-2-29(32(41)37-27-18-23(34)15-16-26(27)35)42-25-10-6-9-24(19-25)36-31(40)28(17-20-11-13-22(33)14-12-20)38-30(39)21-7-4-3-5-8-21/h3-19,29H,2H2,1H3,(H,36,40)(H,37,41)(H,38,39)/b28-17+. The number of halogens is 3. The minimum atomic E-state index is -0.517. The molecule has 0 aliphatic carbocycles. The number of benzene rings is 4. The molecule has 1 unspecified atom stereocenters. The third-order valence-electron chi connectivity index (χ3n) is 5.93. The highest BCUT2D eigenvalue weighted by Crippen LogP contribution is 2.31. The van der Waals surface area contributed by atoms with Crippen molar-refractivity contribution in [2.45, 2.75) is 23.5 Å². The van der Waals surface area contributed by atoms with E-state index in [0.29, 0.717) is 44.0 Å². The molecule has 0 heterocycles. The summed E-state index contributed by atoms with van der Waals surface area (Å²) >= 11 is 19.6. The molecule has 0 aliphatic rings. The summed E-state index contributed by atoms with van der Waals surface area (Å²) in [7, 11) is 0. The van der Waals surface area contributed by atoms with Gasteiger partial charge in [-0.05, 0) is 78.7 Å². The molecule has 4 rings (SSSR count). The predicted octanol–water partition coefficient (Wildman–Crippen LogP) is 8.57. The first-order valence-corrected chi connectivity index (χ1v) is 14.9. The van der Waals surface area contributed by atoms with Crippen molar-refractivity contribution in [1.29, 1.82) is 0 Å². The molecule has 0 bridgehead atoms. The number of nitrogens with one attached hydrogen (secondary N) is 3. The fourth-order valence-corrected chi connectivity index (χ4v) is 5.28. The Balaban J connectivity index is 1.50. The van der Waals surface area contributed by atoms with Gasteiger partial charge in [0.15, 0.2) is 0 Å². The highest BCUT2D eigenvalue weighted by molar-refractivity contribution is 8.00. The van der Waals surface area contributed by atoms with Gasteiger partial charge in [-0.1, -0.05) is 78.1 Å². The summed E-state index contributed by atoms with van der Waals surface area (Å²) in [4.78, 5) is 40.1. The Kier molecular flexibility index (Phi) is 11.1. The van der Waals surface area contributed by atoms with Gasteiger partial charge in [-0.25, -0.2) is 0 Å². The van der Waals surface area contributed by atoms with Crippen LogP contribution in [0.3, 0.4) is 0 Å². The molecule has 3 N–H and O–H groups in total. The second-order valence-electron chi connectivity index (χ2n) is 9.04. The minimum absolute atomic E-state index is 0.0495. The van der Waals surface area contributed by atoms with Crippen molar-refractivity contribution in [2.24, 2.45) is 0 Å². The fourth-order valence-electron chi connectivity index (χ4n) is 3.81. The van der Waals surface area contributed by atoms with Crippen molar-refractivity contribution in [2.75, 3.05) is 10.6 Å². The first-order chi connectivity index (χ1) is 20.2. The van der Waals surface area contributed by atoms with Crippen molar-refractivity contribution in [1.82, 2.24) is 5.32 Å². The van der Waals surface area contributed by atoms with Crippen LogP contribution in [0.15, 0.2) is 108 Å². The molecule has 3 amide bonds. The van der Waals surface area contributed by atoms with Crippen LogP contribution in [0.2, 0.25) is 15.1 Å². The zero-order valence-electron chi connectivity index (χ0n) is 22.4. The first kappa shape index (κ1) is 31.2. The van der Waals surface area contributed by atoms with Gasteiger partial charge in [0.2, 0.25) is 5.91 Å². The second kappa shape index (κ2) is 14.9. The van der Waals surface area contributed by atoms with E-state index in [2.05, 4.69) is 16.0 Å². The topological polar surface area (TPSA) is 87.3 Å². The second-order valence-corrected chi connectivity index (χ2v) is 11.6. The van der Waals surface area contributed by atoms with E-state index in [9.17, 15) is 14.4 Å². The molecular formula is C32H26Cl3N3O3S. The Labute approximate surface area is 263 Å². The van der Waals surface area contributed by atoms with Crippen LogP contribution in [0.5, 0.6) is 0 Å². The number of hydrogen-bond donors (Lipinski definition) is 3. The number of carbonyl (C=O) groups excluding carboxylic acids is 3. The van der Waals surface area contributed by atoms with E-state index in [1.54, 1.807) is 97.1 Å². The number of hydrogen-bond acceptors (Lipinski definition) is 4. The molecule has 42 heavy (non-hydrogen) atoms. The van der Waals surface area contributed by atoms with Crippen LogP contribution in [-0.2, 0) is 9.59 Å². The van der Waals surface area contributed by atoms with Crippen LogP contribution in [0.1, 0.15) is 29.3 Å². The average molecular weight is 639 g/mol. The SMILES string of the molecule is CCC(Sc1cccc(NC(=O)/C(=C\c2ccc(Cl)cc2)NC(=O)c2ccccc2)c1)C(=O)Nc1cc(Cl)ccc1Cl. The maximum Gasteiger partial charge on any atom is 0.272 e. The molecule has 0 saturated heterocycles. The van der Waals surface area contributed by atoms with Gasteiger partial charge in [-0.15, -0.1) is 11.8 Å². The van der Waals surface area contributed by atoms with Gasteiger partial charge in [-0.2, -0.15) is 0 Å². The molecule has 0 aliphatic heterocycles. The van der Waals surface area contributed by atoms with Crippen LogP contribution in [-0.4, -0.2) is 23.0 Å². The molecule has 1 atom stereocenters. The Morgan fingerprint density at radius 3 is 2.24 bits per heavy atom. The monoisotopic (exact) mass is 637 g/mol. The lowest BCUT2D eigenvalue weighted by molar-refractivity contribution is -0.116. The normalized spacial score (nSPS) is 11.9. The molecular weight excluding hydrogens is 613 g/mol. The smallest absolute Gasteiger partial charge is 0.272 e. The summed E-state index contributed by atoms with van der Waals surface area (Å²) in [5, 5.41) is 9.38. The third-order valence-corrected chi connectivity index (χ3v) is 8.10. The lowest BCUT2D eigenvalue weighted by Crippen LogP contribution is -2.30. The van der Waals surface area contributed by atoms with Gasteiger partial charge in [-0.3, -0.25) is 14.4 Å². The van der Waals surface area contributed by atoms with E-state index >= 15 is 0 Å². The summed E-state index contributed by atoms with van der Waals surface area (Å²) in [6, 6.07) is 27.5. The Hall–Kier alpha value is -3.75. The van der Waals surface area contributed by atoms with Crippen molar-refractivity contribution in [3.05, 3.63) is 129 Å². The van der Waals surface area contributed by atoms with E-state index in [1.807, 2.05) is 13.0 Å². The van der Waals surface area contributed by atoms with Crippen molar-refractivity contribution in [3.8, 4) is 0 Å². The average Bonchev–Trinajstić information content (AvgIpc) is 2.99. The van der Waals surface area contributed by atoms with Gasteiger partial charge in [0.05, 0.1) is 16.0 Å². The van der Waals surface area contributed by atoms with Gasteiger partial charge < -0.3 is 16.0 Å². The van der Waals surface area contributed by atoms with E-state index < -0.39 is 17.1 Å². The Morgan fingerprint density at radius 2 is 1.52 bits per heavy atom. The number of carbonyl (C=O) groups is 3. The van der Waals surface area contributed by atoms with Gasteiger partial charge >= 0.3 is 0 Å². The van der Waals surface area contributed by atoms with E-state index in [-0.39, 0.29) is 11.6 Å². The number of rotatable bonds is 10. The number of thioether (sulfide) groups is 1. The maximum atomic E-state index is 13.4. The molecule has 214 valence electrons. The van der Waals surface area contributed by atoms with Crippen LogP contribution in [0.4, 0.5) is 11.4 Å². The van der Waals surface area contributed by atoms with E-state index in [0.717, 1.165) is 4.90 Å². The molecule has 0 saturated carbocycles. The zero-order valence-corrected chi connectivity index (χ0v) is 25.5. The number of amides is 3. The molecule has 4 aromatic rings. The zero-order chi connectivity index (χ0) is 30.1. The highest BCUT2D eigenvalue weighted by Gasteiger charge is 2.20. The van der Waals surface area contributed by atoms with Crippen molar-refractivity contribution >= 4 is 81.7 Å². The van der Waals surface area contributed by atoms with E-state index in [4.69, 9.17) is 34.8 Å². The highest BCUT2D eigenvalue weighted by atomic mass is 35.5. The first-order valence-electron chi connectivity index (χ1n) is 12.9. The van der Waals surface area contributed by atoms with E-state index in [1.165, 1.54) is 11.8 Å². The van der Waals surface area contributed by atoms with Crippen molar-refractivity contribution in [3.63, 3.8) is 0 Å². The summed E-state index contributed by atoms with van der Waals surface area (Å²) < 4.78 is 0. The van der Waals surface area contributed by atoms with Gasteiger partial charge in [0, 0.05) is 26.2 Å². The quantitative estimate of drug-likeness (QED) is 0.120. The predicted molar refractivity (Wildman–Crippen MR) is 173 cm³/mol. The lowest BCUT2D eigenvalue weighted by Gasteiger charge is -2.16. The third kappa shape index (κ3) is 8.87. The fraction of sp³-hybridized carbons (Fsp3) is 0.0938. The summed E-state index contributed by atoms with van der Waals surface area (Å²) in [5.74, 6) is -1.17. The molecule has 0 radical (unpaired) electrons. The van der Waals surface area contributed by atoms with Crippen molar-refractivity contribution < 1.29 is 14.4 Å². The van der Waals surface area contributed by atoms with Crippen LogP contribution in [0, 0.1) is 0 Å². The van der Waals surface area contributed by atoms with Crippen LogP contribution >= 0.6 is 46.6 Å². The molecule has 0 spiro atoms. The summed E-state index contributed by atoms with van der Waals surface area (Å²) in [6.07, 6.45) is 2.12. The lowest BCUT2D eigenvalue weighted by atomic mass is 10.1. The molecule has 0 aromatic heterocycles. The van der Waals surface area contributed by atoms with Gasteiger partial charge in [0.1, 0.15) is 5.70 Å². The van der Waals surface area contributed by atoms with Gasteiger partial charge in [0.25, 0.3) is 11.8 Å². The molecule has 0 fully saturated rings. The number of anilines is 2. The Bertz CT molecular complexity index is 1610. The molecule has 10 heteroatoms. The van der Waals surface area contributed by atoms with Crippen LogP contribution in [0.25, 0.3) is 6.08 Å². The summed E-state index contributed by atoms with van der Waals surface area (Å²) in [6.45, 7) is 1.91. The van der Waals surface area contributed by atoms with Crippen LogP contribution < -0.4 is 16.0 Å². The molecule has 4 aromatic carbocycles. The molecule has 6 nitrogen and oxygen atoms in total. The maximum absolute atomic E-state index is 13.4. The Morgan fingerprint density at radius 1 is 0.810 bits per heavy atom. The summed E-state index contributed by atoms with van der Waals surface area (Å²) in [5.41, 5.74) is 2.07. The largest absolute Gasteiger partial charge is 0.324 e.